The number of anilines is 1. The Labute approximate surface area is 180 Å². The van der Waals surface area contributed by atoms with Crippen LogP contribution in [0.3, 0.4) is 0 Å². The van der Waals surface area contributed by atoms with Crippen molar-refractivity contribution in [3.8, 4) is 5.75 Å². The highest BCUT2D eigenvalue weighted by atomic mass is 79.9. The molecule has 0 unspecified atom stereocenters. The summed E-state index contributed by atoms with van der Waals surface area (Å²) in [5, 5.41) is 2.17. The number of hydrogen-bond acceptors (Lipinski definition) is 5. The van der Waals surface area contributed by atoms with Gasteiger partial charge in [0.05, 0.1) is 4.91 Å². The molecule has 0 aromatic heterocycles. The second kappa shape index (κ2) is 9.58. The van der Waals surface area contributed by atoms with Crippen molar-refractivity contribution in [2.24, 2.45) is 0 Å². The van der Waals surface area contributed by atoms with E-state index in [2.05, 4.69) is 27.8 Å². The van der Waals surface area contributed by atoms with Crippen molar-refractivity contribution >= 4 is 56.5 Å². The summed E-state index contributed by atoms with van der Waals surface area (Å²) in [6.45, 7) is 3.58. The summed E-state index contributed by atoms with van der Waals surface area (Å²) < 4.78 is 6.41. The molecule has 1 N–H and O–H groups in total. The van der Waals surface area contributed by atoms with Crippen LogP contribution in [-0.2, 0) is 9.59 Å². The molecule has 6 nitrogen and oxygen atoms in total. The van der Waals surface area contributed by atoms with Crippen molar-refractivity contribution in [2.75, 3.05) is 18.5 Å². The SMILES string of the molecule is C=CCOc1ccc(Br)cc1/C=C1\SC(=O)N(CC(=O)Nc2ccccc2)C1=O. The maximum atomic E-state index is 12.7. The van der Waals surface area contributed by atoms with E-state index in [0.29, 0.717) is 23.6 Å². The average Bonchev–Trinajstić information content (AvgIpc) is 2.95. The number of halogens is 1. The summed E-state index contributed by atoms with van der Waals surface area (Å²) >= 11 is 4.18. The number of nitrogens with zero attached hydrogens (tertiary/aromatic N) is 1. The molecule has 1 aliphatic heterocycles. The van der Waals surface area contributed by atoms with Gasteiger partial charge in [0.2, 0.25) is 5.91 Å². The molecule has 3 amide bonds. The Bertz CT molecular complexity index is 991. The summed E-state index contributed by atoms with van der Waals surface area (Å²) in [5.41, 5.74) is 1.23. The van der Waals surface area contributed by atoms with Crippen LogP contribution < -0.4 is 10.1 Å². The number of ether oxygens (including phenoxy) is 1. The second-order valence-corrected chi connectivity index (χ2v) is 7.87. The standard InChI is InChI=1S/C21H17BrN2O4S/c1-2-10-28-17-9-8-15(22)11-14(17)12-18-20(26)24(21(27)29-18)13-19(25)23-16-6-4-3-5-7-16/h2-9,11-12H,1,10,13H2,(H,23,25)/b18-12-. The molecule has 1 heterocycles. The normalized spacial score (nSPS) is 14.9. The zero-order valence-electron chi connectivity index (χ0n) is 15.3. The second-order valence-electron chi connectivity index (χ2n) is 5.96. The molecular weight excluding hydrogens is 456 g/mol. The third-order valence-corrected chi connectivity index (χ3v) is 5.25. The summed E-state index contributed by atoms with van der Waals surface area (Å²) in [6, 6.07) is 14.2. The largest absolute Gasteiger partial charge is 0.489 e. The summed E-state index contributed by atoms with van der Waals surface area (Å²) in [6.07, 6.45) is 3.20. The molecule has 0 atom stereocenters. The maximum Gasteiger partial charge on any atom is 0.294 e. The molecule has 0 bridgehead atoms. The van der Waals surface area contributed by atoms with E-state index in [9.17, 15) is 14.4 Å². The van der Waals surface area contributed by atoms with E-state index in [4.69, 9.17) is 4.74 Å². The lowest BCUT2D eigenvalue weighted by atomic mass is 10.2. The third-order valence-electron chi connectivity index (χ3n) is 3.85. The molecule has 2 aromatic rings. The van der Waals surface area contributed by atoms with Crippen molar-refractivity contribution in [1.29, 1.82) is 0 Å². The van der Waals surface area contributed by atoms with E-state index < -0.39 is 17.1 Å². The number of thioether (sulfide) groups is 1. The van der Waals surface area contributed by atoms with Crippen LogP contribution in [0.25, 0.3) is 6.08 Å². The van der Waals surface area contributed by atoms with Gasteiger partial charge in [-0.15, -0.1) is 0 Å². The van der Waals surface area contributed by atoms with Gasteiger partial charge in [0, 0.05) is 15.7 Å². The van der Waals surface area contributed by atoms with Gasteiger partial charge < -0.3 is 10.1 Å². The lowest BCUT2D eigenvalue weighted by Gasteiger charge is -2.12. The Balaban J connectivity index is 1.75. The number of amides is 3. The van der Waals surface area contributed by atoms with Gasteiger partial charge >= 0.3 is 0 Å². The fraction of sp³-hybridized carbons (Fsp3) is 0.0952. The van der Waals surface area contributed by atoms with Gasteiger partial charge in [-0.1, -0.05) is 46.8 Å². The lowest BCUT2D eigenvalue weighted by molar-refractivity contribution is -0.127. The summed E-state index contributed by atoms with van der Waals surface area (Å²) in [7, 11) is 0. The highest BCUT2D eigenvalue weighted by Crippen LogP contribution is 2.34. The summed E-state index contributed by atoms with van der Waals surface area (Å²) in [5.74, 6) is -0.406. The van der Waals surface area contributed by atoms with E-state index in [1.54, 1.807) is 48.6 Å². The third kappa shape index (κ3) is 5.36. The van der Waals surface area contributed by atoms with Crippen LogP contribution in [-0.4, -0.2) is 35.1 Å². The van der Waals surface area contributed by atoms with E-state index in [1.165, 1.54) is 0 Å². The Hall–Kier alpha value is -2.84. The highest BCUT2D eigenvalue weighted by Gasteiger charge is 2.36. The Kier molecular flexibility index (Phi) is 6.90. The monoisotopic (exact) mass is 472 g/mol. The number of carbonyl (C=O) groups is 3. The van der Waals surface area contributed by atoms with Crippen LogP contribution in [0.1, 0.15) is 5.56 Å². The van der Waals surface area contributed by atoms with Gasteiger partial charge in [0.1, 0.15) is 18.9 Å². The van der Waals surface area contributed by atoms with Crippen molar-refractivity contribution in [2.45, 2.75) is 0 Å². The molecule has 1 saturated heterocycles. The molecule has 1 fully saturated rings. The Morgan fingerprint density at radius 1 is 1.21 bits per heavy atom. The molecule has 3 rings (SSSR count). The predicted molar refractivity (Wildman–Crippen MR) is 118 cm³/mol. The molecule has 148 valence electrons. The van der Waals surface area contributed by atoms with Crippen molar-refractivity contribution in [1.82, 2.24) is 4.90 Å². The minimum absolute atomic E-state index is 0.226. The van der Waals surface area contributed by atoms with Crippen molar-refractivity contribution in [3.63, 3.8) is 0 Å². The molecule has 2 aromatic carbocycles. The molecule has 0 saturated carbocycles. The molecule has 0 aliphatic carbocycles. The quantitative estimate of drug-likeness (QED) is 0.467. The number of nitrogens with one attached hydrogen (secondary N) is 1. The van der Waals surface area contributed by atoms with Gasteiger partial charge in [0.15, 0.2) is 0 Å². The highest BCUT2D eigenvalue weighted by molar-refractivity contribution is 9.10. The van der Waals surface area contributed by atoms with Gasteiger partial charge in [-0.05, 0) is 48.2 Å². The molecule has 0 radical (unpaired) electrons. The Morgan fingerprint density at radius 3 is 2.69 bits per heavy atom. The van der Waals surface area contributed by atoms with Crippen molar-refractivity contribution in [3.05, 3.63) is 76.1 Å². The first-order chi connectivity index (χ1) is 14.0. The van der Waals surface area contributed by atoms with E-state index in [1.807, 2.05) is 12.1 Å². The average molecular weight is 473 g/mol. The molecule has 1 aliphatic rings. The van der Waals surface area contributed by atoms with E-state index in [0.717, 1.165) is 21.1 Å². The molecular formula is C21H17BrN2O4S. The van der Waals surface area contributed by atoms with Gasteiger partial charge in [-0.25, -0.2) is 0 Å². The first kappa shape index (κ1) is 20.9. The zero-order chi connectivity index (χ0) is 20.8. The van der Waals surface area contributed by atoms with Gasteiger partial charge in [-0.3, -0.25) is 19.3 Å². The van der Waals surface area contributed by atoms with E-state index in [-0.39, 0.29) is 11.4 Å². The number of carbonyl (C=O) groups excluding carboxylic acids is 3. The minimum atomic E-state index is -0.516. The zero-order valence-corrected chi connectivity index (χ0v) is 17.7. The molecule has 0 spiro atoms. The van der Waals surface area contributed by atoms with E-state index >= 15 is 0 Å². The molecule has 29 heavy (non-hydrogen) atoms. The van der Waals surface area contributed by atoms with Crippen LogP contribution in [0.2, 0.25) is 0 Å². The number of para-hydroxylation sites is 1. The first-order valence-electron chi connectivity index (χ1n) is 8.61. The van der Waals surface area contributed by atoms with Crippen LogP contribution in [0.15, 0.2) is 70.6 Å². The topological polar surface area (TPSA) is 75.7 Å². The van der Waals surface area contributed by atoms with Crippen LogP contribution in [0.5, 0.6) is 5.75 Å². The smallest absolute Gasteiger partial charge is 0.294 e. The van der Waals surface area contributed by atoms with Crippen LogP contribution >= 0.6 is 27.7 Å². The Morgan fingerprint density at radius 2 is 1.97 bits per heavy atom. The fourth-order valence-electron chi connectivity index (χ4n) is 2.56. The van der Waals surface area contributed by atoms with Crippen LogP contribution in [0, 0.1) is 0 Å². The minimum Gasteiger partial charge on any atom is -0.489 e. The number of imide groups is 1. The van der Waals surface area contributed by atoms with Gasteiger partial charge in [0.25, 0.3) is 11.1 Å². The number of benzene rings is 2. The fourth-order valence-corrected chi connectivity index (χ4v) is 3.76. The summed E-state index contributed by atoms with van der Waals surface area (Å²) in [4.78, 5) is 38.3. The van der Waals surface area contributed by atoms with Gasteiger partial charge in [-0.2, -0.15) is 0 Å². The van der Waals surface area contributed by atoms with Crippen molar-refractivity contribution < 1.29 is 19.1 Å². The predicted octanol–water partition coefficient (Wildman–Crippen LogP) is 4.69. The number of rotatable bonds is 7. The maximum absolute atomic E-state index is 12.7. The van der Waals surface area contributed by atoms with Crippen LogP contribution in [0.4, 0.5) is 10.5 Å². The number of hydrogen-bond donors (Lipinski definition) is 1. The first-order valence-corrected chi connectivity index (χ1v) is 10.2. The lowest BCUT2D eigenvalue weighted by Crippen LogP contribution is -2.36. The molecule has 8 heteroatoms.